The number of ether oxygens (including phenoxy) is 2. The number of carbonyl (C=O) groups excluding carboxylic acids is 2. The van der Waals surface area contributed by atoms with E-state index in [2.05, 4.69) is 4.74 Å². The van der Waals surface area contributed by atoms with E-state index in [1.807, 2.05) is 0 Å². The Morgan fingerprint density at radius 1 is 1.18 bits per heavy atom. The second-order valence-corrected chi connectivity index (χ2v) is 6.02. The van der Waals surface area contributed by atoms with Gasteiger partial charge >= 0.3 is 12.1 Å². The Labute approximate surface area is 127 Å². The minimum atomic E-state index is -0.757. The molecule has 0 saturated carbocycles. The van der Waals surface area contributed by atoms with Gasteiger partial charge in [-0.05, 0) is 51.5 Å². The topological polar surface area (TPSA) is 57.5 Å². The number of rotatable bonds is 1. The molecule has 2 aromatic rings. The van der Waals surface area contributed by atoms with Crippen molar-refractivity contribution in [3.8, 4) is 0 Å². The number of aryl methyl sites for hydroxylation is 1. The molecule has 1 aromatic heterocycles. The average molecular weight is 307 g/mol. The van der Waals surface area contributed by atoms with Crippen molar-refractivity contribution in [3.05, 3.63) is 35.3 Å². The van der Waals surface area contributed by atoms with Gasteiger partial charge in [0.1, 0.15) is 17.1 Å². The number of carbonyl (C=O) groups is 2. The number of hydrogen-bond donors (Lipinski definition) is 0. The average Bonchev–Trinajstić information content (AvgIpc) is 2.75. The van der Waals surface area contributed by atoms with Gasteiger partial charge in [0.15, 0.2) is 0 Å². The van der Waals surface area contributed by atoms with Gasteiger partial charge in [0.05, 0.1) is 12.6 Å². The van der Waals surface area contributed by atoms with E-state index in [-0.39, 0.29) is 16.6 Å². The molecule has 0 atom stereocenters. The third kappa shape index (κ3) is 2.95. The van der Waals surface area contributed by atoms with Gasteiger partial charge in [0, 0.05) is 5.39 Å². The Kier molecular flexibility index (Phi) is 3.96. The fraction of sp³-hybridized carbons (Fsp3) is 0.375. The minimum Gasteiger partial charge on any atom is -0.464 e. The standard InChI is InChI=1S/C16H18FNO4/c1-9-6-11(17)10-8-13(14(19)21-5)18(12(10)7-9)15(20)22-16(2,3)4/h6-8H,1-5H3. The predicted molar refractivity (Wildman–Crippen MR) is 79.6 cm³/mol. The van der Waals surface area contributed by atoms with E-state index >= 15 is 0 Å². The molecule has 118 valence electrons. The van der Waals surface area contributed by atoms with Crippen LogP contribution in [0, 0.1) is 12.7 Å². The monoisotopic (exact) mass is 307 g/mol. The highest BCUT2D eigenvalue weighted by Crippen LogP contribution is 2.26. The normalized spacial score (nSPS) is 11.5. The first-order valence-electron chi connectivity index (χ1n) is 6.77. The Morgan fingerprint density at radius 2 is 1.82 bits per heavy atom. The lowest BCUT2D eigenvalue weighted by molar-refractivity contribution is 0.0489. The van der Waals surface area contributed by atoms with Crippen LogP contribution < -0.4 is 0 Å². The minimum absolute atomic E-state index is 0.0729. The predicted octanol–water partition coefficient (Wildman–Crippen LogP) is 3.66. The van der Waals surface area contributed by atoms with Gasteiger partial charge in [-0.1, -0.05) is 0 Å². The van der Waals surface area contributed by atoms with Gasteiger partial charge < -0.3 is 9.47 Å². The van der Waals surface area contributed by atoms with E-state index < -0.39 is 23.5 Å². The smallest absolute Gasteiger partial charge is 0.419 e. The van der Waals surface area contributed by atoms with Crippen LogP contribution in [0.1, 0.15) is 36.8 Å². The molecular formula is C16H18FNO4. The van der Waals surface area contributed by atoms with Crippen molar-refractivity contribution in [2.24, 2.45) is 0 Å². The second kappa shape index (κ2) is 5.44. The molecule has 2 rings (SSSR count). The number of fused-ring (bicyclic) bond motifs is 1. The highest BCUT2D eigenvalue weighted by molar-refractivity contribution is 6.01. The summed E-state index contributed by atoms with van der Waals surface area (Å²) in [7, 11) is 1.20. The van der Waals surface area contributed by atoms with Crippen molar-refractivity contribution in [1.29, 1.82) is 0 Å². The summed E-state index contributed by atoms with van der Waals surface area (Å²) in [6.07, 6.45) is -0.757. The number of nitrogens with zero attached hydrogens (tertiary/aromatic N) is 1. The zero-order chi connectivity index (χ0) is 16.7. The highest BCUT2D eigenvalue weighted by atomic mass is 19.1. The molecule has 0 saturated heterocycles. The van der Waals surface area contributed by atoms with Crippen molar-refractivity contribution < 1.29 is 23.5 Å². The summed E-state index contributed by atoms with van der Waals surface area (Å²) in [4.78, 5) is 24.3. The summed E-state index contributed by atoms with van der Waals surface area (Å²) >= 11 is 0. The molecule has 22 heavy (non-hydrogen) atoms. The van der Waals surface area contributed by atoms with Crippen LogP contribution in [0.5, 0.6) is 0 Å². The van der Waals surface area contributed by atoms with E-state index in [4.69, 9.17) is 4.74 Å². The fourth-order valence-corrected chi connectivity index (χ4v) is 2.15. The number of esters is 1. The maximum Gasteiger partial charge on any atom is 0.419 e. The van der Waals surface area contributed by atoms with Crippen LogP contribution in [-0.2, 0) is 9.47 Å². The van der Waals surface area contributed by atoms with Gasteiger partial charge in [-0.25, -0.2) is 18.5 Å². The first-order valence-corrected chi connectivity index (χ1v) is 6.77. The van der Waals surface area contributed by atoms with Gasteiger partial charge in [-0.3, -0.25) is 0 Å². The summed E-state index contributed by atoms with van der Waals surface area (Å²) in [6.45, 7) is 6.83. The van der Waals surface area contributed by atoms with Crippen molar-refractivity contribution >= 4 is 23.0 Å². The molecule has 0 aliphatic rings. The zero-order valence-corrected chi connectivity index (χ0v) is 13.2. The number of methoxy groups -OCH3 is 1. The number of aromatic nitrogens is 1. The molecule has 6 heteroatoms. The van der Waals surface area contributed by atoms with Crippen LogP contribution in [0.15, 0.2) is 18.2 Å². The Balaban J connectivity index is 2.72. The second-order valence-electron chi connectivity index (χ2n) is 6.02. The quantitative estimate of drug-likeness (QED) is 0.754. The molecule has 5 nitrogen and oxygen atoms in total. The lowest BCUT2D eigenvalue weighted by atomic mass is 10.2. The van der Waals surface area contributed by atoms with Crippen molar-refractivity contribution in [2.75, 3.05) is 7.11 Å². The van der Waals surface area contributed by atoms with Gasteiger partial charge in [0.2, 0.25) is 0 Å². The number of benzene rings is 1. The lowest BCUT2D eigenvalue weighted by Gasteiger charge is -2.20. The first-order chi connectivity index (χ1) is 10.1. The van der Waals surface area contributed by atoms with Crippen LogP contribution in [0.3, 0.4) is 0 Å². The van der Waals surface area contributed by atoms with E-state index in [0.29, 0.717) is 5.56 Å². The maximum absolute atomic E-state index is 14.1. The molecule has 0 amide bonds. The summed E-state index contributed by atoms with van der Waals surface area (Å²) in [5.41, 5.74) is 0.0800. The molecule has 0 aliphatic carbocycles. The van der Waals surface area contributed by atoms with E-state index in [1.54, 1.807) is 33.8 Å². The first kappa shape index (κ1) is 16.0. The lowest BCUT2D eigenvalue weighted by Crippen LogP contribution is -2.29. The van der Waals surface area contributed by atoms with Gasteiger partial charge in [0.25, 0.3) is 0 Å². The molecule has 0 aliphatic heterocycles. The summed E-state index contributed by atoms with van der Waals surface area (Å²) in [6, 6.07) is 4.25. The van der Waals surface area contributed by atoms with Crippen molar-refractivity contribution in [1.82, 2.24) is 4.57 Å². The SMILES string of the molecule is COC(=O)c1cc2c(F)cc(C)cc2n1C(=O)OC(C)(C)C. The van der Waals surface area contributed by atoms with Crippen LogP contribution in [-0.4, -0.2) is 29.3 Å². The summed E-state index contributed by atoms with van der Waals surface area (Å²) in [5, 5.41) is 0.164. The van der Waals surface area contributed by atoms with Gasteiger partial charge in [-0.2, -0.15) is 0 Å². The third-order valence-electron chi connectivity index (χ3n) is 2.99. The maximum atomic E-state index is 14.1. The molecular weight excluding hydrogens is 289 g/mol. The Bertz CT molecular complexity index is 756. The van der Waals surface area contributed by atoms with Crippen molar-refractivity contribution in [2.45, 2.75) is 33.3 Å². The molecule has 0 N–H and O–H groups in total. The largest absolute Gasteiger partial charge is 0.464 e. The molecule has 0 fully saturated rings. The molecule has 1 heterocycles. The highest BCUT2D eigenvalue weighted by Gasteiger charge is 2.26. The van der Waals surface area contributed by atoms with Crippen LogP contribution >= 0.6 is 0 Å². The Morgan fingerprint density at radius 3 is 2.36 bits per heavy atom. The molecule has 0 radical (unpaired) electrons. The Hall–Kier alpha value is -2.37. The third-order valence-corrected chi connectivity index (χ3v) is 2.99. The molecule has 1 aromatic carbocycles. The molecule has 0 bridgehead atoms. The van der Waals surface area contributed by atoms with Gasteiger partial charge in [-0.15, -0.1) is 0 Å². The van der Waals surface area contributed by atoms with Crippen LogP contribution in [0.4, 0.5) is 9.18 Å². The van der Waals surface area contributed by atoms with E-state index in [9.17, 15) is 14.0 Å². The number of hydrogen-bond acceptors (Lipinski definition) is 4. The molecule has 0 unspecified atom stereocenters. The van der Waals surface area contributed by atoms with Crippen LogP contribution in [0.2, 0.25) is 0 Å². The fourth-order valence-electron chi connectivity index (χ4n) is 2.15. The molecule has 0 spiro atoms. The van der Waals surface area contributed by atoms with Crippen molar-refractivity contribution in [3.63, 3.8) is 0 Å². The van der Waals surface area contributed by atoms with E-state index in [1.165, 1.54) is 19.2 Å². The van der Waals surface area contributed by atoms with Crippen LogP contribution in [0.25, 0.3) is 10.9 Å². The summed E-state index contributed by atoms with van der Waals surface area (Å²) in [5.74, 6) is -1.25. The number of halogens is 1. The van der Waals surface area contributed by atoms with E-state index in [0.717, 1.165) is 4.57 Å². The summed E-state index contributed by atoms with van der Waals surface area (Å²) < 4.78 is 25.1. The zero-order valence-electron chi connectivity index (χ0n) is 13.2.